The number of fused-ring (bicyclic) bond motifs is 1. The van der Waals surface area contributed by atoms with Crippen molar-refractivity contribution in [1.82, 2.24) is 5.32 Å². The van der Waals surface area contributed by atoms with E-state index in [-0.39, 0.29) is 27.3 Å². The summed E-state index contributed by atoms with van der Waals surface area (Å²) in [6, 6.07) is 11.3. The van der Waals surface area contributed by atoms with E-state index in [4.69, 9.17) is 10.5 Å². The molecule has 1 aliphatic rings. The minimum absolute atomic E-state index is 0.0272. The molecule has 0 spiro atoms. The minimum Gasteiger partial charge on any atom is -0.497 e. The molecule has 1 aliphatic heterocycles. The van der Waals surface area contributed by atoms with Crippen LogP contribution in [0.15, 0.2) is 42.5 Å². The number of imide groups is 1. The standard InChI is InChI=1S/C26H20N4O7S/c1-12-21(13-3-6-15(37-2)7-4-13)18(11-27)25(38-12)30-23(33)16-8-5-14(9-17(16)24(30)34)22(32)29-19(26(35)36)10-20(28)31/h3-9,19H,10H2,1-2H3,(H2,28,31)(H,29,32)(H,35,36). The lowest BCUT2D eigenvalue weighted by Crippen LogP contribution is -2.43. The van der Waals surface area contributed by atoms with Gasteiger partial charge < -0.3 is 20.9 Å². The number of nitriles is 1. The first-order valence-corrected chi connectivity index (χ1v) is 11.9. The molecule has 3 aromatic rings. The van der Waals surface area contributed by atoms with E-state index in [2.05, 4.69) is 11.4 Å². The fraction of sp³-hybridized carbons (Fsp3) is 0.154. The first-order chi connectivity index (χ1) is 18.1. The van der Waals surface area contributed by atoms with Gasteiger partial charge in [0.25, 0.3) is 17.7 Å². The van der Waals surface area contributed by atoms with Gasteiger partial charge in [-0.1, -0.05) is 12.1 Å². The molecule has 1 atom stereocenters. The van der Waals surface area contributed by atoms with Gasteiger partial charge in [-0.25, -0.2) is 9.69 Å². The van der Waals surface area contributed by atoms with Crippen molar-refractivity contribution in [3.05, 3.63) is 69.6 Å². The highest BCUT2D eigenvalue weighted by Crippen LogP contribution is 2.44. The number of methoxy groups -OCH3 is 1. The number of carbonyl (C=O) groups excluding carboxylic acids is 4. The number of anilines is 1. The van der Waals surface area contributed by atoms with Crippen LogP contribution in [-0.4, -0.2) is 47.9 Å². The van der Waals surface area contributed by atoms with Gasteiger partial charge in [-0.05, 0) is 42.8 Å². The van der Waals surface area contributed by atoms with Crippen molar-refractivity contribution < 1.29 is 33.8 Å². The molecule has 0 fully saturated rings. The second-order valence-electron chi connectivity index (χ2n) is 8.29. The summed E-state index contributed by atoms with van der Waals surface area (Å²) in [7, 11) is 1.53. The Morgan fingerprint density at radius 2 is 1.79 bits per heavy atom. The number of primary amides is 1. The van der Waals surface area contributed by atoms with Crippen molar-refractivity contribution in [2.75, 3.05) is 12.0 Å². The van der Waals surface area contributed by atoms with Crippen LogP contribution in [0.2, 0.25) is 0 Å². The Morgan fingerprint density at radius 1 is 1.13 bits per heavy atom. The quantitative estimate of drug-likeness (QED) is 0.370. The third-order valence-electron chi connectivity index (χ3n) is 5.92. The molecule has 0 saturated heterocycles. The molecule has 1 aromatic heterocycles. The van der Waals surface area contributed by atoms with Gasteiger partial charge in [0, 0.05) is 16.0 Å². The molecule has 2 aromatic carbocycles. The van der Waals surface area contributed by atoms with Gasteiger partial charge in [0.05, 0.1) is 30.2 Å². The number of nitrogens with two attached hydrogens (primary N) is 1. The number of thiophene rings is 1. The van der Waals surface area contributed by atoms with Crippen LogP contribution in [0.25, 0.3) is 11.1 Å². The van der Waals surface area contributed by atoms with Crippen molar-refractivity contribution >= 4 is 45.9 Å². The van der Waals surface area contributed by atoms with E-state index in [1.54, 1.807) is 31.2 Å². The van der Waals surface area contributed by atoms with Crippen molar-refractivity contribution in [3.8, 4) is 22.9 Å². The Kier molecular flexibility index (Phi) is 6.96. The molecule has 11 nitrogen and oxygen atoms in total. The highest BCUT2D eigenvalue weighted by Gasteiger charge is 2.40. The van der Waals surface area contributed by atoms with Gasteiger partial charge in [0.2, 0.25) is 5.91 Å². The van der Waals surface area contributed by atoms with E-state index in [0.29, 0.717) is 21.8 Å². The summed E-state index contributed by atoms with van der Waals surface area (Å²) < 4.78 is 5.18. The fourth-order valence-electron chi connectivity index (χ4n) is 4.11. The van der Waals surface area contributed by atoms with E-state index in [9.17, 15) is 34.3 Å². The number of nitrogens with zero attached hydrogens (tertiary/aromatic N) is 2. The summed E-state index contributed by atoms with van der Waals surface area (Å²) in [6.45, 7) is 1.78. The minimum atomic E-state index is -1.56. The second-order valence-corrected chi connectivity index (χ2v) is 9.50. The first kappa shape index (κ1) is 26.1. The van der Waals surface area contributed by atoms with E-state index in [0.717, 1.165) is 16.2 Å². The molecule has 0 saturated carbocycles. The van der Waals surface area contributed by atoms with Gasteiger partial charge in [0.1, 0.15) is 22.9 Å². The smallest absolute Gasteiger partial charge is 0.326 e. The average Bonchev–Trinajstić information content (AvgIpc) is 3.34. The summed E-state index contributed by atoms with van der Waals surface area (Å²) >= 11 is 1.12. The number of benzene rings is 2. The van der Waals surface area contributed by atoms with Gasteiger partial charge in [0.15, 0.2) is 0 Å². The number of nitrogens with one attached hydrogen (secondary N) is 1. The third kappa shape index (κ3) is 4.58. The molecule has 192 valence electrons. The van der Waals surface area contributed by atoms with Crippen LogP contribution in [0.3, 0.4) is 0 Å². The van der Waals surface area contributed by atoms with E-state index < -0.39 is 42.1 Å². The Morgan fingerprint density at radius 3 is 2.37 bits per heavy atom. The predicted octanol–water partition coefficient (Wildman–Crippen LogP) is 2.46. The molecule has 1 unspecified atom stereocenters. The van der Waals surface area contributed by atoms with Crippen LogP contribution in [0.5, 0.6) is 5.75 Å². The van der Waals surface area contributed by atoms with Crippen LogP contribution in [0.4, 0.5) is 5.00 Å². The van der Waals surface area contributed by atoms with E-state index >= 15 is 0 Å². The molecular formula is C26H20N4O7S. The lowest BCUT2D eigenvalue weighted by molar-refractivity contribution is -0.140. The molecule has 38 heavy (non-hydrogen) atoms. The number of carbonyl (C=O) groups is 5. The Bertz CT molecular complexity index is 1550. The Balaban J connectivity index is 1.68. The van der Waals surface area contributed by atoms with Crippen LogP contribution in [-0.2, 0) is 9.59 Å². The molecule has 0 radical (unpaired) electrons. The summed E-state index contributed by atoms with van der Waals surface area (Å²) in [5.74, 6) is -4.01. The Hall–Kier alpha value is -5.02. The summed E-state index contributed by atoms with van der Waals surface area (Å²) in [4.78, 5) is 63.3. The SMILES string of the molecule is COc1ccc(-c2c(C)sc(N3C(=O)c4ccc(C(=O)NC(CC(N)=O)C(=O)O)cc4C3=O)c2C#N)cc1. The molecular weight excluding hydrogens is 512 g/mol. The maximum Gasteiger partial charge on any atom is 0.326 e. The lowest BCUT2D eigenvalue weighted by atomic mass is 10.0. The molecule has 4 N–H and O–H groups in total. The number of aryl methyl sites for hydroxylation is 1. The largest absolute Gasteiger partial charge is 0.497 e. The summed E-state index contributed by atoms with van der Waals surface area (Å²) in [5, 5.41) is 21.5. The van der Waals surface area contributed by atoms with Gasteiger partial charge in [-0.2, -0.15) is 5.26 Å². The maximum atomic E-state index is 13.4. The number of rotatable bonds is 8. The topological polar surface area (TPSA) is 180 Å². The number of hydrogen-bond acceptors (Lipinski definition) is 8. The third-order valence-corrected chi connectivity index (χ3v) is 7.01. The molecule has 4 rings (SSSR count). The monoisotopic (exact) mass is 532 g/mol. The van der Waals surface area contributed by atoms with Gasteiger partial charge >= 0.3 is 5.97 Å². The van der Waals surface area contributed by atoms with Crippen LogP contribution in [0.1, 0.15) is 47.9 Å². The molecule has 0 aliphatic carbocycles. The maximum absolute atomic E-state index is 13.4. The molecule has 0 bridgehead atoms. The molecule has 4 amide bonds. The van der Waals surface area contributed by atoms with Crippen LogP contribution in [0, 0.1) is 18.3 Å². The second kappa shape index (κ2) is 10.2. The fourth-order valence-corrected chi connectivity index (χ4v) is 5.22. The Labute approximate surface area is 220 Å². The molecule has 2 heterocycles. The van der Waals surface area contributed by atoms with Crippen molar-refractivity contribution in [3.63, 3.8) is 0 Å². The van der Waals surface area contributed by atoms with Crippen molar-refractivity contribution in [2.45, 2.75) is 19.4 Å². The van der Waals surface area contributed by atoms with Crippen LogP contribution >= 0.6 is 11.3 Å². The highest BCUT2D eigenvalue weighted by molar-refractivity contribution is 7.17. The number of carboxylic acids is 1. The van der Waals surface area contributed by atoms with Crippen molar-refractivity contribution in [1.29, 1.82) is 5.26 Å². The highest BCUT2D eigenvalue weighted by atomic mass is 32.1. The van der Waals surface area contributed by atoms with Crippen molar-refractivity contribution in [2.24, 2.45) is 5.73 Å². The first-order valence-electron chi connectivity index (χ1n) is 11.1. The predicted molar refractivity (Wildman–Crippen MR) is 136 cm³/mol. The normalized spacial score (nSPS) is 13.0. The van der Waals surface area contributed by atoms with E-state index in [1.807, 2.05) is 0 Å². The zero-order valence-corrected chi connectivity index (χ0v) is 20.9. The summed E-state index contributed by atoms with van der Waals surface area (Å²) in [6.07, 6.45) is -0.623. The van der Waals surface area contributed by atoms with Crippen LogP contribution < -0.4 is 20.7 Å². The zero-order valence-electron chi connectivity index (χ0n) is 20.1. The van der Waals surface area contributed by atoms with Gasteiger partial charge in [-0.15, -0.1) is 11.3 Å². The number of hydrogen-bond donors (Lipinski definition) is 3. The zero-order chi connectivity index (χ0) is 27.7. The molecule has 12 heteroatoms. The summed E-state index contributed by atoms with van der Waals surface area (Å²) in [5.41, 5.74) is 6.34. The number of ether oxygens (including phenoxy) is 1. The lowest BCUT2D eigenvalue weighted by Gasteiger charge is -2.13. The average molecular weight is 533 g/mol. The number of aliphatic carboxylic acids is 1. The number of carboxylic acid groups (broad SMARTS) is 1. The van der Waals surface area contributed by atoms with Gasteiger partial charge in [-0.3, -0.25) is 19.2 Å². The van der Waals surface area contributed by atoms with E-state index in [1.165, 1.54) is 25.3 Å². The number of amides is 4.